The van der Waals surface area contributed by atoms with Gasteiger partial charge in [-0.05, 0) is 18.6 Å². The Hall–Kier alpha value is -2.50. The van der Waals surface area contributed by atoms with E-state index in [9.17, 15) is 23.3 Å². The smallest absolute Gasteiger partial charge is 0.270 e. The molecular weight excluding hydrogens is 436 g/mol. The van der Waals surface area contributed by atoms with Crippen LogP contribution in [0.1, 0.15) is 12.2 Å². The van der Waals surface area contributed by atoms with Crippen LogP contribution in [0.3, 0.4) is 0 Å². The third kappa shape index (κ3) is 3.98. The number of benzene rings is 1. The van der Waals surface area contributed by atoms with Crippen molar-refractivity contribution in [2.75, 3.05) is 11.5 Å². The average molecular weight is 451 g/mol. The Kier molecular flexibility index (Phi) is 5.05. The zero-order valence-corrected chi connectivity index (χ0v) is 17.3. The van der Waals surface area contributed by atoms with Crippen molar-refractivity contribution in [2.45, 2.75) is 12.5 Å². The van der Waals surface area contributed by atoms with Gasteiger partial charge in [-0.15, -0.1) is 0 Å². The lowest BCUT2D eigenvalue weighted by molar-refractivity contribution is -0.384. The van der Waals surface area contributed by atoms with E-state index >= 15 is 0 Å². The maximum absolute atomic E-state index is 12.8. The predicted octanol–water partition coefficient (Wildman–Crippen LogP) is 3.24. The van der Waals surface area contributed by atoms with Crippen LogP contribution in [-0.2, 0) is 14.6 Å². The molecule has 1 atom stereocenters. The molecule has 8 nitrogen and oxygen atoms in total. The number of hydrogen-bond donors (Lipinski definition) is 0. The number of nitro groups is 1. The van der Waals surface area contributed by atoms with Gasteiger partial charge in [-0.2, -0.15) is 0 Å². The normalized spacial score (nSPS) is 22.6. The molecule has 0 radical (unpaired) electrons. The zero-order valence-electron chi connectivity index (χ0n) is 14.8. The van der Waals surface area contributed by atoms with E-state index in [1.54, 1.807) is 30.3 Å². The Morgan fingerprint density at radius 1 is 1.31 bits per heavy atom. The summed E-state index contributed by atoms with van der Waals surface area (Å²) in [6, 6.07) is 8.93. The number of non-ortho nitro benzene ring substituents is 1. The summed E-state index contributed by atoms with van der Waals surface area (Å²) in [5.41, 5.74) is 0.496. The van der Waals surface area contributed by atoms with E-state index in [2.05, 4.69) is 0 Å². The number of carbonyl (C=O) groups excluding carboxylic acids is 1. The molecule has 1 amide bonds. The van der Waals surface area contributed by atoms with E-state index < -0.39 is 20.8 Å². The number of nitro benzene ring substituents is 1. The van der Waals surface area contributed by atoms with Crippen LogP contribution in [0.15, 0.2) is 45.7 Å². The summed E-state index contributed by atoms with van der Waals surface area (Å²) in [7, 11) is -3.14. The first-order valence-corrected chi connectivity index (χ1v) is 11.6. The van der Waals surface area contributed by atoms with Crippen LogP contribution < -0.4 is 0 Å². The van der Waals surface area contributed by atoms with Crippen molar-refractivity contribution in [2.24, 2.45) is 0 Å². The number of furan rings is 1. The number of thiocarbonyl (C=S) groups is 1. The highest BCUT2D eigenvalue weighted by Crippen LogP contribution is 2.37. The van der Waals surface area contributed by atoms with E-state index in [0.29, 0.717) is 32.7 Å². The number of sulfone groups is 1. The van der Waals surface area contributed by atoms with Crippen molar-refractivity contribution >= 4 is 55.8 Å². The number of carbonyl (C=O) groups is 1. The maximum atomic E-state index is 12.8. The van der Waals surface area contributed by atoms with E-state index in [0.717, 1.165) is 11.8 Å². The standard InChI is InChI=1S/C18H14N2O6S3/c21-17-16(28-18(27)19(17)13-6-7-29(24,25)10-13)9-14-4-5-15(26-14)11-2-1-3-12(8-11)20(22)23/h1-5,8-9,13H,6-7,10H2/b16-9+/t13-/m1/s1. The number of amides is 1. The summed E-state index contributed by atoms with van der Waals surface area (Å²) in [6.45, 7) is 0. The lowest BCUT2D eigenvalue weighted by atomic mass is 10.1. The van der Waals surface area contributed by atoms with Gasteiger partial charge in [0.25, 0.3) is 11.6 Å². The second-order valence-electron chi connectivity index (χ2n) is 6.62. The summed E-state index contributed by atoms with van der Waals surface area (Å²) < 4.78 is 29.5. The first-order valence-electron chi connectivity index (χ1n) is 8.56. The van der Waals surface area contributed by atoms with Crippen molar-refractivity contribution in [3.05, 3.63) is 57.2 Å². The van der Waals surface area contributed by atoms with Crippen molar-refractivity contribution in [1.29, 1.82) is 0 Å². The Balaban J connectivity index is 1.56. The monoisotopic (exact) mass is 450 g/mol. The Bertz CT molecular complexity index is 1170. The summed E-state index contributed by atoms with van der Waals surface area (Å²) in [6.07, 6.45) is 1.92. The van der Waals surface area contributed by atoms with E-state index in [1.807, 2.05) is 0 Å². The maximum Gasteiger partial charge on any atom is 0.270 e. The van der Waals surface area contributed by atoms with Gasteiger partial charge < -0.3 is 4.42 Å². The lowest BCUT2D eigenvalue weighted by Gasteiger charge is -2.20. The van der Waals surface area contributed by atoms with Crippen LogP contribution in [0.2, 0.25) is 0 Å². The van der Waals surface area contributed by atoms with Crippen LogP contribution in [0, 0.1) is 10.1 Å². The molecule has 0 saturated carbocycles. The van der Waals surface area contributed by atoms with Crippen molar-refractivity contribution in [3.8, 4) is 11.3 Å². The molecule has 2 aromatic rings. The minimum absolute atomic E-state index is 0.0483. The highest BCUT2D eigenvalue weighted by molar-refractivity contribution is 8.26. The fourth-order valence-electron chi connectivity index (χ4n) is 3.26. The van der Waals surface area contributed by atoms with Gasteiger partial charge in [-0.3, -0.25) is 19.8 Å². The number of hydrogen-bond acceptors (Lipinski definition) is 8. The van der Waals surface area contributed by atoms with Crippen LogP contribution in [-0.4, -0.2) is 46.0 Å². The molecule has 0 aliphatic carbocycles. The second-order valence-corrected chi connectivity index (χ2v) is 10.5. The number of rotatable bonds is 4. The molecule has 1 aromatic carbocycles. The van der Waals surface area contributed by atoms with Gasteiger partial charge in [0.2, 0.25) is 0 Å². The average Bonchev–Trinajstić information content (AvgIpc) is 3.34. The molecule has 2 fully saturated rings. The fraction of sp³-hybridized carbons (Fsp3) is 0.222. The first-order chi connectivity index (χ1) is 13.7. The van der Waals surface area contributed by atoms with Gasteiger partial charge in [0.15, 0.2) is 9.84 Å². The highest BCUT2D eigenvalue weighted by Gasteiger charge is 2.42. The second kappa shape index (κ2) is 7.39. The molecule has 11 heteroatoms. The lowest BCUT2D eigenvalue weighted by Crippen LogP contribution is -2.39. The van der Waals surface area contributed by atoms with Crippen molar-refractivity contribution in [3.63, 3.8) is 0 Å². The molecule has 2 saturated heterocycles. The zero-order chi connectivity index (χ0) is 20.8. The van der Waals surface area contributed by atoms with Crippen LogP contribution >= 0.6 is 24.0 Å². The largest absolute Gasteiger partial charge is 0.457 e. The summed E-state index contributed by atoms with van der Waals surface area (Å²) >= 11 is 6.38. The summed E-state index contributed by atoms with van der Waals surface area (Å²) in [5.74, 6) is 0.460. The quantitative estimate of drug-likeness (QED) is 0.302. The molecule has 0 unspecified atom stereocenters. The number of thioether (sulfide) groups is 1. The Labute approximate surface area is 175 Å². The molecule has 0 spiro atoms. The summed E-state index contributed by atoms with van der Waals surface area (Å²) in [4.78, 5) is 24.9. The minimum atomic E-state index is -3.14. The third-order valence-electron chi connectivity index (χ3n) is 4.64. The van der Waals surface area contributed by atoms with Gasteiger partial charge in [0.1, 0.15) is 15.8 Å². The van der Waals surface area contributed by atoms with Crippen LogP contribution in [0.25, 0.3) is 17.4 Å². The molecule has 1 aromatic heterocycles. The van der Waals surface area contributed by atoms with Gasteiger partial charge in [-0.1, -0.05) is 36.1 Å². The van der Waals surface area contributed by atoms with Crippen molar-refractivity contribution in [1.82, 2.24) is 4.90 Å². The van der Waals surface area contributed by atoms with Crippen LogP contribution in [0.4, 0.5) is 5.69 Å². The molecule has 2 aliphatic rings. The van der Waals surface area contributed by atoms with Crippen molar-refractivity contribution < 1.29 is 22.6 Å². The van der Waals surface area contributed by atoms with Gasteiger partial charge in [0.05, 0.1) is 27.4 Å². The van der Waals surface area contributed by atoms with Gasteiger partial charge in [0, 0.05) is 23.8 Å². The van der Waals surface area contributed by atoms with E-state index in [4.69, 9.17) is 16.6 Å². The SMILES string of the molecule is O=C1/C(=C\c2ccc(-c3cccc([N+](=O)[O-])c3)o2)SC(=S)N1[C@@H]1CCS(=O)(=O)C1. The highest BCUT2D eigenvalue weighted by atomic mass is 32.2. The third-order valence-corrected chi connectivity index (χ3v) is 7.72. The molecule has 2 aliphatic heterocycles. The molecule has 3 heterocycles. The molecule has 0 bridgehead atoms. The topological polar surface area (TPSA) is 111 Å². The predicted molar refractivity (Wildman–Crippen MR) is 113 cm³/mol. The molecule has 29 heavy (non-hydrogen) atoms. The van der Waals surface area contributed by atoms with Gasteiger partial charge in [-0.25, -0.2) is 8.42 Å². The van der Waals surface area contributed by atoms with Gasteiger partial charge >= 0.3 is 0 Å². The van der Waals surface area contributed by atoms with E-state index in [1.165, 1.54) is 17.0 Å². The minimum Gasteiger partial charge on any atom is -0.457 e. The molecule has 150 valence electrons. The Morgan fingerprint density at radius 3 is 2.79 bits per heavy atom. The molecule has 4 rings (SSSR count). The van der Waals surface area contributed by atoms with E-state index in [-0.39, 0.29) is 23.1 Å². The number of nitrogens with zero attached hydrogens (tertiary/aromatic N) is 2. The Morgan fingerprint density at radius 2 is 2.10 bits per heavy atom. The molecule has 0 N–H and O–H groups in total. The molecular formula is C18H14N2O6S3. The fourth-order valence-corrected chi connectivity index (χ4v) is 6.34. The summed E-state index contributed by atoms with van der Waals surface area (Å²) in [5, 5.41) is 10.9. The van der Waals surface area contributed by atoms with Crippen LogP contribution in [0.5, 0.6) is 0 Å². The first kappa shape index (κ1) is 19.8.